The molecule has 110 valence electrons. The molecule has 4 aromatic rings. The van der Waals surface area contributed by atoms with Crippen LogP contribution in [0.25, 0.3) is 27.1 Å². The van der Waals surface area contributed by atoms with Crippen molar-refractivity contribution in [2.75, 3.05) is 0 Å². The van der Waals surface area contributed by atoms with Crippen LogP contribution in [0.4, 0.5) is 0 Å². The Kier molecular flexibility index (Phi) is 2.97. The van der Waals surface area contributed by atoms with E-state index >= 15 is 0 Å². The van der Waals surface area contributed by atoms with Crippen LogP contribution in [0.2, 0.25) is 0 Å². The van der Waals surface area contributed by atoms with Gasteiger partial charge in [0.2, 0.25) is 10.8 Å². The highest BCUT2D eigenvalue weighted by atomic mass is 32.1. The van der Waals surface area contributed by atoms with E-state index in [4.69, 9.17) is 0 Å². The average Bonchev–Trinajstić information content (AvgIpc) is 3.22. The molecule has 0 aromatic carbocycles. The lowest BCUT2D eigenvalue weighted by Crippen LogP contribution is -1.91. The van der Waals surface area contributed by atoms with Crippen molar-refractivity contribution in [2.24, 2.45) is 0 Å². The molecule has 22 heavy (non-hydrogen) atoms. The third kappa shape index (κ3) is 2.08. The lowest BCUT2D eigenvalue weighted by atomic mass is 10.1. The molecule has 0 aliphatic heterocycles. The highest BCUT2D eigenvalue weighted by molar-refractivity contribution is 7.19. The lowest BCUT2D eigenvalue weighted by Gasteiger charge is -1.96. The van der Waals surface area contributed by atoms with Gasteiger partial charge in [-0.15, -0.1) is 10.2 Å². The van der Waals surface area contributed by atoms with Gasteiger partial charge in [-0.1, -0.05) is 25.2 Å². The minimum Gasteiger partial charge on any atom is -0.282 e. The van der Waals surface area contributed by atoms with E-state index in [1.165, 1.54) is 11.3 Å². The lowest BCUT2D eigenvalue weighted by molar-refractivity contribution is 0.810. The Morgan fingerprint density at radius 3 is 2.91 bits per heavy atom. The number of nitrogens with zero attached hydrogens (tertiary/aromatic N) is 6. The third-order valence-corrected chi connectivity index (χ3v) is 4.30. The molecule has 4 heterocycles. The number of fused-ring (bicyclic) bond motifs is 1. The Morgan fingerprint density at radius 2 is 2.18 bits per heavy atom. The molecular weight excluding hydrogens is 298 g/mol. The number of hydrogen-bond acceptors (Lipinski definition) is 6. The number of aromatic amines is 1. The van der Waals surface area contributed by atoms with Gasteiger partial charge in [0.1, 0.15) is 10.7 Å². The third-order valence-electron chi connectivity index (χ3n) is 3.35. The van der Waals surface area contributed by atoms with E-state index in [1.54, 1.807) is 16.9 Å². The summed E-state index contributed by atoms with van der Waals surface area (Å²) in [6.45, 7) is 4.22. The van der Waals surface area contributed by atoms with Crippen LogP contribution >= 0.6 is 11.3 Å². The van der Waals surface area contributed by atoms with Gasteiger partial charge < -0.3 is 0 Å². The van der Waals surface area contributed by atoms with Gasteiger partial charge in [-0.3, -0.25) is 10.1 Å². The van der Waals surface area contributed by atoms with E-state index in [0.29, 0.717) is 11.7 Å². The van der Waals surface area contributed by atoms with E-state index in [1.807, 2.05) is 18.2 Å². The summed E-state index contributed by atoms with van der Waals surface area (Å²) in [5.74, 6) is 1.02. The van der Waals surface area contributed by atoms with Crippen molar-refractivity contribution in [3.8, 4) is 22.1 Å². The Balaban J connectivity index is 1.80. The van der Waals surface area contributed by atoms with Gasteiger partial charge in [0.05, 0.1) is 0 Å². The first-order valence-electron chi connectivity index (χ1n) is 6.90. The normalized spacial score (nSPS) is 11.6. The van der Waals surface area contributed by atoms with Crippen LogP contribution in [0.15, 0.2) is 30.6 Å². The predicted molar refractivity (Wildman–Crippen MR) is 83.6 cm³/mol. The first-order chi connectivity index (χ1) is 10.7. The molecular formula is C14H13N7S. The number of rotatable bonds is 3. The van der Waals surface area contributed by atoms with E-state index in [9.17, 15) is 0 Å². The predicted octanol–water partition coefficient (Wildman–Crippen LogP) is 2.76. The van der Waals surface area contributed by atoms with Crippen LogP contribution in [0, 0.1) is 0 Å². The molecule has 0 aliphatic rings. The van der Waals surface area contributed by atoms with Crippen LogP contribution < -0.4 is 0 Å². The van der Waals surface area contributed by atoms with Gasteiger partial charge in [-0.05, 0) is 24.1 Å². The Morgan fingerprint density at radius 1 is 1.27 bits per heavy atom. The highest BCUT2D eigenvalue weighted by Gasteiger charge is 2.17. The maximum atomic E-state index is 4.59. The summed E-state index contributed by atoms with van der Waals surface area (Å²) in [6.07, 6.45) is 3.53. The maximum Gasteiger partial charge on any atom is 0.235 e. The second-order valence-corrected chi connectivity index (χ2v) is 6.19. The molecule has 0 saturated carbocycles. The summed E-state index contributed by atoms with van der Waals surface area (Å²) in [7, 11) is 0. The van der Waals surface area contributed by atoms with E-state index in [-0.39, 0.29) is 0 Å². The fourth-order valence-corrected chi connectivity index (χ4v) is 2.96. The maximum absolute atomic E-state index is 4.59. The van der Waals surface area contributed by atoms with Crippen LogP contribution in [-0.4, -0.2) is 35.0 Å². The Hall–Kier alpha value is -2.61. The number of hydrogen-bond donors (Lipinski definition) is 1. The molecule has 0 unspecified atom stereocenters. The molecule has 0 atom stereocenters. The zero-order valence-corrected chi connectivity index (χ0v) is 12.9. The number of pyridine rings is 1. The molecule has 0 fully saturated rings. The Bertz CT molecular complexity index is 919. The minimum atomic E-state index is 0.381. The van der Waals surface area contributed by atoms with E-state index < -0.39 is 0 Å². The van der Waals surface area contributed by atoms with Gasteiger partial charge in [0, 0.05) is 23.7 Å². The topological polar surface area (TPSA) is 84.7 Å². The number of nitrogens with one attached hydrogen (secondary N) is 1. The first kappa shape index (κ1) is 13.1. The summed E-state index contributed by atoms with van der Waals surface area (Å²) >= 11 is 1.48. The smallest absolute Gasteiger partial charge is 0.235 e. The monoisotopic (exact) mass is 311 g/mol. The average molecular weight is 311 g/mol. The van der Waals surface area contributed by atoms with Crippen molar-refractivity contribution in [3.63, 3.8) is 0 Å². The molecule has 0 saturated heterocycles. The molecule has 4 rings (SSSR count). The van der Waals surface area contributed by atoms with E-state index in [2.05, 4.69) is 44.3 Å². The minimum absolute atomic E-state index is 0.381. The van der Waals surface area contributed by atoms with Gasteiger partial charge in [0.15, 0.2) is 0 Å². The van der Waals surface area contributed by atoms with Gasteiger partial charge in [-0.2, -0.15) is 14.7 Å². The Labute approximate surface area is 130 Å². The van der Waals surface area contributed by atoms with Crippen molar-refractivity contribution in [1.29, 1.82) is 0 Å². The second kappa shape index (κ2) is 4.99. The summed E-state index contributed by atoms with van der Waals surface area (Å²) in [6, 6.07) is 5.86. The molecule has 1 N–H and O–H groups in total. The van der Waals surface area contributed by atoms with Crippen molar-refractivity contribution in [1.82, 2.24) is 35.0 Å². The quantitative estimate of drug-likeness (QED) is 0.629. The SMILES string of the molecule is CC(C)c1cc(-c2nnc3sc(-c4cccnc4)nn23)n[nH]1. The van der Waals surface area contributed by atoms with Crippen molar-refractivity contribution < 1.29 is 0 Å². The highest BCUT2D eigenvalue weighted by Crippen LogP contribution is 2.27. The van der Waals surface area contributed by atoms with Crippen LogP contribution in [-0.2, 0) is 0 Å². The molecule has 0 spiro atoms. The second-order valence-electron chi connectivity index (χ2n) is 5.23. The van der Waals surface area contributed by atoms with Crippen LogP contribution in [0.3, 0.4) is 0 Å². The van der Waals surface area contributed by atoms with Crippen LogP contribution in [0.5, 0.6) is 0 Å². The van der Waals surface area contributed by atoms with Gasteiger partial charge in [0.25, 0.3) is 0 Å². The standard InChI is InChI=1S/C14H13N7S/c1-8(2)10-6-11(17-16-10)12-18-19-14-21(12)20-13(22-14)9-4-3-5-15-7-9/h3-8H,1-2H3,(H,16,17). The fraction of sp³-hybridized carbons (Fsp3) is 0.214. The summed E-state index contributed by atoms with van der Waals surface area (Å²) in [4.78, 5) is 4.86. The van der Waals surface area contributed by atoms with Gasteiger partial charge in [-0.25, -0.2) is 0 Å². The molecule has 8 heteroatoms. The molecule has 0 bridgehead atoms. The fourth-order valence-electron chi connectivity index (χ4n) is 2.13. The molecule has 0 amide bonds. The van der Waals surface area contributed by atoms with E-state index in [0.717, 1.165) is 26.9 Å². The first-order valence-corrected chi connectivity index (χ1v) is 7.72. The number of aromatic nitrogens is 7. The summed E-state index contributed by atoms with van der Waals surface area (Å²) in [5, 5.41) is 21.2. The molecule has 0 aliphatic carbocycles. The zero-order chi connectivity index (χ0) is 15.1. The van der Waals surface area contributed by atoms with Crippen molar-refractivity contribution >= 4 is 16.3 Å². The molecule has 7 nitrogen and oxygen atoms in total. The van der Waals surface area contributed by atoms with Crippen LogP contribution in [0.1, 0.15) is 25.5 Å². The summed E-state index contributed by atoms with van der Waals surface area (Å²) in [5.41, 5.74) is 2.78. The van der Waals surface area contributed by atoms with Gasteiger partial charge >= 0.3 is 0 Å². The molecule has 4 aromatic heterocycles. The van der Waals surface area contributed by atoms with Crippen molar-refractivity contribution in [3.05, 3.63) is 36.3 Å². The summed E-state index contributed by atoms with van der Waals surface area (Å²) < 4.78 is 1.73. The number of H-pyrrole nitrogens is 1. The van der Waals surface area contributed by atoms with Crippen molar-refractivity contribution in [2.45, 2.75) is 19.8 Å². The molecule has 0 radical (unpaired) electrons. The zero-order valence-electron chi connectivity index (χ0n) is 12.1. The largest absolute Gasteiger partial charge is 0.282 e.